The lowest BCUT2D eigenvalue weighted by Crippen LogP contribution is -2.44. The molecule has 0 aliphatic rings. The van der Waals surface area contributed by atoms with Gasteiger partial charge in [0.2, 0.25) is 5.91 Å². The van der Waals surface area contributed by atoms with Crippen molar-refractivity contribution in [1.82, 2.24) is 4.90 Å². The third-order valence-electron chi connectivity index (χ3n) is 2.76. The number of amidine groups is 1. The van der Waals surface area contributed by atoms with Crippen LogP contribution in [0.2, 0.25) is 0 Å². The van der Waals surface area contributed by atoms with Gasteiger partial charge in [0.05, 0.1) is 5.92 Å². The standard InChI is InChI=1S/C11H23N3O2S/c1-5-6-9(10(12)13-16)11(15)14(3)8(2)7-17-4/h8-9,16H,5-7H2,1-4H3,(H2,12,13). The molecule has 0 rings (SSSR count). The maximum Gasteiger partial charge on any atom is 0.233 e. The van der Waals surface area contributed by atoms with E-state index in [1.54, 1.807) is 23.7 Å². The molecule has 3 N–H and O–H groups in total. The van der Waals surface area contributed by atoms with Gasteiger partial charge in [-0.1, -0.05) is 18.5 Å². The first-order chi connectivity index (χ1) is 7.99. The van der Waals surface area contributed by atoms with E-state index >= 15 is 0 Å². The quantitative estimate of drug-likeness (QED) is 0.314. The lowest BCUT2D eigenvalue weighted by Gasteiger charge is -2.28. The fourth-order valence-electron chi connectivity index (χ4n) is 1.57. The van der Waals surface area contributed by atoms with Crippen LogP contribution in [0.25, 0.3) is 0 Å². The van der Waals surface area contributed by atoms with Crippen molar-refractivity contribution in [2.75, 3.05) is 19.1 Å². The van der Waals surface area contributed by atoms with E-state index in [2.05, 4.69) is 5.16 Å². The molecule has 0 saturated carbocycles. The number of carbonyl (C=O) groups excluding carboxylic acids is 1. The number of thioether (sulfide) groups is 1. The predicted molar refractivity (Wildman–Crippen MR) is 72.4 cm³/mol. The van der Waals surface area contributed by atoms with Crippen molar-refractivity contribution in [3.05, 3.63) is 0 Å². The van der Waals surface area contributed by atoms with E-state index in [0.717, 1.165) is 12.2 Å². The Morgan fingerprint density at radius 1 is 1.59 bits per heavy atom. The molecule has 0 heterocycles. The highest BCUT2D eigenvalue weighted by atomic mass is 32.2. The first-order valence-electron chi connectivity index (χ1n) is 5.72. The van der Waals surface area contributed by atoms with Crippen molar-refractivity contribution in [2.24, 2.45) is 16.8 Å². The van der Waals surface area contributed by atoms with Crippen LogP contribution in [0.5, 0.6) is 0 Å². The van der Waals surface area contributed by atoms with Crippen LogP contribution < -0.4 is 5.73 Å². The summed E-state index contributed by atoms with van der Waals surface area (Å²) in [5, 5.41) is 11.7. The second-order valence-electron chi connectivity index (χ2n) is 4.12. The van der Waals surface area contributed by atoms with Crippen LogP contribution in [0.4, 0.5) is 0 Å². The van der Waals surface area contributed by atoms with Gasteiger partial charge in [0.25, 0.3) is 0 Å². The first kappa shape index (κ1) is 16.1. The van der Waals surface area contributed by atoms with Gasteiger partial charge in [-0.15, -0.1) is 0 Å². The van der Waals surface area contributed by atoms with Crippen LogP contribution in [-0.2, 0) is 4.79 Å². The van der Waals surface area contributed by atoms with Gasteiger partial charge in [0.1, 0.15) is 0 Å². The van der Waals surface area contributed by atoms with E-state index in [9.17, 15) is 4.79 Å². The van der Waals surface area contributed by atoms with Crippen molar-refractivity contribution in [1.29, 1.82) is 0 Å². The molecule has 2 unspecified atom stereocenters. The lowest BCUT2D eigenvalue weighted by molar-refractivity contribution is -0.133. The van der Waals surface area contributed by atoms with E-state index in [1.165, 1.54) is 0 Å². The van der Waals surface area contributed by atoms with Gasteiger partial charge >= 0.3 is 0 Å². The molecule has 0 aromatic rings. The summed E-state index contributed by atoms with van der Waals surface area (Å²) in [6.07, 6.45) is 3.42. The predicted octanol–water partition coefficient (Wildman–Crippen LogP) is 1.36. The minimum absolute atomic E-state index is 0.0000477. The molecule has 0 fully saturated rings. The van der Waals surface area contributed by atoms with Gasteiger partial charge in [-0.05, 0) is 19.6 Å². The Kier molecular flexibility index (Phi) is 7.78. The van der Waals surface area contributed by atoms with Crippen LogP contribution in [0.3, 0.4) is 0 Å². The number of hydrogen-bond donors (Lipinski definition) is 2. The molecule has 0 saturated heterocycles. The Labute approximate surface area is 107 Å². The molecule has 0 aromatic heterocycles. The molecule has 6 heteroatoms. The number of nitrogens with two attached hydrogens (primary N) is 1. The average Bonchev–Trinajstić information content (AvgIpc) is 2.33. The van der Waals surface area contributed by atoms with E-state index in [4.69, 9.17) is 10.9 Å². The Morgan fingerprint density at radius 3 is 2.59 bits per heavy atom. The highest BCUT2D eigenvalue weighted by Gasteiger charge is 2.27. The molecule has 0 aromatic carbocycles. The molecule has 100 valence electrons. The Hall–Kier alpha value is -0.910. The topological polar surface area (TPSA) is 78.9 Å². The fraction of sp³-hybridized carbons (Fsp3) is 0.818. The van der Waals surface area contributed by atoms with Crippen LogP contribution >= 0.6 is 11.8 Å². The van der Waals surface area contributed by atoms with Crippen molar-refractivity contribution >= 4 is 23.5 Å². The zero-order chi connectivity index (χ0) is 13.4. The molecule has 17 heavy (non-hydrogen) atoms. The maximum atomic E-state index is 12.2. The van der Waals surface area contributed by atoms with Crippen LogP contribution in [-0.4, -0.2) is 46.9 Å². The van der Waals surface area contributed by atoms with E-state index in [1.807, 2.05) is 20.1 Å². The van der Waals surface area contributed by atoms with Crippen LogP contribution in [0.15, 0.2) is 5.16 Å². The van der Waals surface area contributed by atoms with E-state index in [0.29, 0.717) is 6.42 Å². The number of oxime groups is 1. The molecular formula is C11H23N3O2S. The zero-order valence-corrected chi connectivity index (χ0v) is 11.8. The summed E-state index contributed by atoms with van der Waals surface area (Å²) in [5.74, 6) is 0.278. The third kappa shape index (κ3) is 4.85. The zero-order valence-electron chi connectivity index (χ0n) is 11.0. The summed E-state index contributed by atoms with van der Waals surface area (Å²) >= 11 is 1.69. The number of hydrogen-bond acceptors (Lipinski definition) is 4. The molecule has 5 nitrogen and oxygen atoms in total. The van der Waals surface area contributed by atoms with Gasteiger partial charge in [-0.3, -0.25) is 4.79 Å². The summed E-state index contributed by atoms with van der Waals surface area (Å²) in [6.45, 7) is 3.96. The second kappa shape index (κ2) is 8.22. The first-order valence-corrected chi connectivity index (χ1v) is 7.11. The van der Waals surface area contributed by atoms with E-state index < -0.39 is 5.92 Å². The van der Waals surface area contributed by atoms with Crippen molar-refractivity contribution in [2.45, 2.75) is 32.7 Å². The second-order valence-corrected chi connectivity index (χ2v) is 5.03. The molecule has 0 radical (unpaired) electrons. The molecule has 2 atom stereocenters. The molecule has 0 aliphatic carbocycles. The van der Waals surface area contributed by atoms with Crippen LogP contribution in [0, 0.1) is 5.92 Å². The van der Waals surface area contributed by atoms with Gasteiger partial charge in [0.15, 0.2) is 5.84 Å². The van der Waals surface area contributed by atoms with Gasteiger partial charge in [0, 0.05) is 18.8 Å². The van der Waals surface area contributed by atoms with E-state index in [-0.39, 0.29) is 17.8 Å². The van der Waals surface area contributed by atoms with Gasteiger partial charge in [-0.25, -0.2) is 0 Å². The molecule has 0 bridgehead atoms. The lowest BCUT2D eigenvalue weighted by atomic mass is 10.0. The smallest absolute Gasteiger partial charge is 0.233 e. The summed E-state index contributed by atoms with van der Waals surface area (Å²) in [6, 6.07) is 0.142. The SMILES string of the molecule is CCCC(C(=O)N(C)C(C)CSC)C(N)=NO. The average molecular weight is 261 g/mol. The van der Waals surface area contributed by atoms with Crippen molar-refractivity contribution < 1.29 is 10.0 Å². The molecule has 1 amide bonds. The fourth-order valence-corrected chi connectivity index (χ4v) is 2.28. The highest BCUT2D eigenvalue weighted by Crippen LogP contribution is 2.13. The molecular weight excluding hydrogens is 238 g/mol. The van der Waals surface area contributed by atoms with Gasteiger partial charge < -0.3 is 15.8 Å². The monoisotopic (exact) mass is 261 g/mol. The third-order valence-corrected chi connectivity index (χ3v) is 3.58. The molecule has 0 aliphatic heterocycles. The Bertz CT molecular complexity index is 271. The summed E-state index contributed by atoms with van der Waals surface area (Å²) in [4.78, 5) is 13.9. The molecule has 0 spiro atoms. The number of rotatable bonds is 7. The number of nitrogens with zero attached hydrogens (tertiary/aromatic N) is 2. The Balaban J connectivity index is 4.71. The maximum absolute atomic E-state index is 12.2. The number of amides is 1. The Morgan fingerprint density at radius 2 is 2.18 bits per heavy atom. The van der Waals surface area contributed by atoms with Crippen molar-refractivity contribution in [3.63, 3.8) is 0 Å². The van der Waals surface area contributed by atoms with Gasteiger partial charge in [-0.2, -0.15) is 11.8 Å². The minimum Gasteiger partial charge on any atom is -0.409 e. The minimum atomic E-state index is -0.515. The summed E-state index contributed by atoms with van der Waals surface area (Å²) < 4.78 is 0. The summed E-state index contributed by atoms with van der Waals surface area (Å²) in [7, 11) is 1.76. The summed E-state index contributed by atoms with van der Waals surface area (Å²) in [5.41, 5.74) is 5.56. The largest absolute Gasteiger partial charge is 0.409 e. The normalized spacial score (nSPS) is 15.4. The van der Waals surface area contributed by atoms with Crippen molar-refractivity contribution in [3.8, 4) is 0 Å². The number of carbonyl (C=O) groups is 1. The van der Waals surface area contributed by atoms with Crippen LogP contribution in [0.1, 0.15) is 26.7 Å². The highest BCUT2D eigenvalue weighted by molar-refractivity contribution is 7.98.